The third-order valence-electron chi connectivity index (χ3n) is 8.36. The number of hydrogen-bond acceptors (Lipinski definition) is 5. The summed E-state index contributed by atoms with van der Waals surface area (Å²) in [5, 5.41) is 1.95. The Balaban J connectivity index is 1.28. The molecular formula is C33H40N2O3. The van der Waals surface area contributed by atoms with E-state index in [4.69, 9.17) is 14.5 Å². The number of unbranched alkanes of at least 4 members (excludes halogenated alkanes) is 7. The fourth-order valence-electron chi connectivity index (χ4n) is 6.00. The predicted octanol–water partition coefficient (Wildman–Crippen LogP) is 8.49. The summed E-state index contributed by atoms with van der Waals surface area (Å²) in [6, 6.07) is 18.2. The van der Waals surface area contributed by atoms with Crippen molar-refractivity contribution in [2.45, 2.75) is 89.7 Å². The molecule has 0 radical (unpaired) electrons. The van der Waals surface area contributed by atoms with Crippen molar-refractivity contribution in [2.24, 2.45) is 4.99 Å². The summed E-state index contributed by atoms with van der Waals surface area (Å²) in [5.74, 6) is 1.11. The number of ether oxygens (including phenoxy) is 2. The maximum atomic E-state index is 12.5. The van der Waals surface area contributed by atoms with E-state index in [2.05, 4.69) is 57.0 Å². The fourth-order valence-corrected chi connectivity index (χ4v) is 6.00. The van der Waals surface area contributed by atoms with E-state index in [1.165, 1.54) is 44.1 Å². The number of para-hydroxylation sites is 1. The minimum Gasteiger partial charge on any atom is -0.459 e. The van der Waals surface area contributed by atoms with Crippen LogP contribution in [0.1, 0.15) is 84.1 Å². The smallest absolute Gasteiger partial charge is 0.311 e. The normalized spacial score (nSPS) is 18.9. The molecule has 3 aromatic carbocycles. The molecule has 3 aromatic rings. The van der Waals surface area contributed by atoms with Gasteiger partial charge in [-0.15, -0.1) is 0 Å². The second-order valence-electron chi connectivity index (χ2n) is 11.3. The number of aliphatic imine (C=N–C) groups is 1. The van der Waals surface area contributed by atoms with Crippen LogP contribution in [0, 0.1) is 0 Å². The lowest BCUT2D eigenvalue weighted by atomic mass is 9.77. The van der Waals surface area contributed by atoms with Crippen LogP contribution in [0.15, 0.2) is 59.6 Å². The lowest BCUT2D eigenvalue weighted by Gasteiger charge is -2.45. The number of hydrogen-bond donors (Lipinski definition) is 0. The molecule has 0 N–H and O–H groups in total. The zero-order chi connectivity index (χ0) is 26.8. The van der Waals surface area contributed by atoms with Crippen LogP contribution in [0.4, 0.5) is 11.4 Å². The van der Waals surface area contributed by atoms with Gasteiger partial charge in [0.1, 0.15) is 17.2 Å². The fraction of sp³-hybridized carbons (Fsp3) is 0.455. The Morgan fingerprint density at radius 1 is 0.947 bits per heavy atom. The Kier molecular flexibility index (Phi) is 7.47. The minimum absolute atomic E-state index is 0.175. The highest BCUT2D eigenvalue weighted by atomic mass is 16.5. The Bertz CT molecular complexity index is 1350. The molecule has 5 nitrogen and oxygen atoms in total. The molecule has 1 unspecified atom stereocenters. The molecule has 0 aromatic heterocycles. The van der Waals surface area contributed by atoms with Gasteiger partial charge in [-0.25, -0.2) is 0 Å². The molecule has 5 rings (SSSR count). The molecule has 0 aliphatic carbocycles. The predicted molar refractivity (Wildman–Crippen MR) is 156 cm³/mol. The Morgan fingerprint density at radius 3 is 2.42 bits per heavy atom. The number of rotatable bonds is 10. The number of anilines is 1. The molecule has 200 valence electrons. The maximum Gasteiger partial charge on any atom is 0.311 e. The molecule has 38 heavy (non-hydrogen) atoms. The first-order chi connectivity index (χ1) is 18.4. The van der Waals surface area contributed by atoms with Crippen LogP contribution in [0.2, 0.25) is 0 Å². The molecule has 0 saturated heterocycles. The number of benzene rings is 3. The molecule has 1 spiro atoms. The second-order valence-corrected chi connectivity index (χ2v) is 11.3. The van der Waals surface area contributed by atoms with Crippen LogP contribution in [0.5, 0.6) is 11.5 Å². The van der Waals surface area contributed by atoms with Crippen molar-refractivity contribution >= 4 is 34.3 Å². The average Bonchev–Trinajstić information content (AvgIpc) is 3.08. The van der Waals surface area contributed by atoms with Gasteiger partial charge < -0.3 is 14.4 Å². The summed E-state index contributed by atoms with van der Waals surface area (Å²) < 4.78 is 12.5. The van der Waals surface area contributed by atoms with Gasteiger partial charge in [-0.3, -0.25) is 9.79 Å². The van der Waals surface area contributed by atoms with Crippen LogP contribution in [-0.4, -0.2) is 25.0 Å². The van der Waals surface area contributed by atoms with Crippen molar-refractivity contribution in [3.63, 3.8) is 0 Å². The molecule has 2 aliphatic rings. The molecule has 0 bridgehead atoms. The van der Waals surface area contributed by atoms with Crippen LogP contribution in [0.25, 0.3) is 10.8 Å². The summed E-state index contributed by atoms with van der Waals surface area (Å²) in [7, 11) is 2.07. The number of esters is 1. The van der Waals surface area contributed by atoms with Gasteiger partial charge in [-0.05, 0) is 55.5 Å². The van der Waals surface area contributed by atoms with Gasteiger partial charge in [0.15, 0.2) is 0 Å². The summed E-state index contributed by atoms with van der Waals surface area (Å²) in [5.41, 5.74) is 2.13. The maximum absolute atomic E-state index is 12.5. The molecule has 0 saturated carbocycles. The van der Waals surface area contributed by atoms with Crippen LogP contribution in [-0.2, 0) is 10.2 Å². The van der Waals surface area contributed by atoms with E-state index in [1.807, 2.05) is 36.5 Å². The standard InChI is InChI=1S/C33H40N2O3/c1-5-6-7-8-9-10-11-12-17-30(36)37-25-20-18-24-19-21-29-31(26(24)22-25)34-23-33(38-29)32(2,3)27-15-13-14-16-28(27)35(33)4/h13-16,18-23H,5-12,17H2,1-4H3. The van der Waals surface area contributed by atoms with Gasteiger partial charge in [0.25, 0.3) is 0 Å². The Labute approximate surface area is 226 Å². The van der Waals surface area contributed by atoms with Crippen LogP contribution >= 0.6 is 0 Å². The third kappa shape index (κ3) is 4.68. The van der Waals surface area contributed by atoms with Crippen LogP contribution < -0.4 is 14.4 Å². The van der Waals surface area contributed by atoms with Crippen molar-refractivity contribution in [3.8, 4) is 11.5 Å². The number of carbonyl (C=O) groups is 1. The van der Waals surface area contributed by atoms with Crippen molar-refractivity contribution in [2.75, 3.05) is 11.9 Å². The average molecular weight is 513 g/mol. The van der Waals surface area contributed by atoms with E-state index in [9.17, 15) is 4.79 Å². The number of likely N-dealkylation sites (N-methyl/N-ethyl adjacent to an activating group) is 1. The van der Waals surface area contributed by atoms with E-state index in [0.29, 0.717) is 12.2 Å². The summed E-state index contributed by atoms with van der Waals surface area (Å²) >= 11 is 0. The quantitative estimate of drug-likeness (QED) is 0.155. The highest BCUT2D eigenvalue weighted by Crippen LogP contribution is 2.54. The molecular weight excluding hydrogens is 472 g/mol. The lowest BCUT2D eigenvalue weighted by Crippen LogP contribution is -2.61. The van der Waals surface area contributed by atoms with E-state index in [0.717, 1.165) is 40.7 Å². The third-order valence-corrected chi connectivity index (χ3v) is 8.36. The van der Waals surface area contributed by atoms with Gasteiger partial charge in [-0.1, -0.05) is 82.2 Å². The Morgan fingerprint density at radius 2 is 1.66 bits per heavy atom. The highest BCUT2D eigenvalue weighted by Gasteiger charge is 2.58. The lowest BCUT2D eigenvalue weighted by molar-refractivity contribution is -0.134. The monoisotopic (exact) mass is 512 g/mol. The van der Waals surface area contributed by atoms with Crippen molar-refractivity contribution in [1.82, 2.24) is 0 Å². The zero-order valence-corrected chi connectivity index (χ0v) is 23.3. The molecule has 2 aliphatic heterocycles. The van der Waals surface area contributed by atoms with E-state index >= 15 is 0 Å². The first-order valence-corrected chi connectivity index (χ1v) is 14.2. The van der Waals surface area contributed by atoms with Gasteiger partial charge >= 0.3 is 5.97 Å². The molecule has 0 amide bonds. The molecule has 1 atom stereocenters. The number of fused-ring (bicyclic) bond motifs is 4. The minimum atomic E-state index is -0.725. The van der Waals surface area contributed by atoms with Gasteiger partial charge in [0.2, 0.25) is 5.72 Å². The van der Waals surface area contributed by atoms with Gasteiger partial charge in [0.05, 0.1) is 11.6 Å². The van der Waals surface area contributed by atoms with E-state index in [1.54, 1.807) is 0 Å². The molecule has 2 heterocycles. The van der Waals surface area contributed by atoms with Gasteiger partial charge in [0, 0.05) is 24.5 Å². The van der Waals surface area contributed by atoms with E-state index < -0.39 is 5.72 Å². The summed E-state index contributed by atoms with van der Waals surface area (Å²) in [4.78, 5) is 19.7. The van der Waals surface area contributed by atoms with Crippen molar-refractivity contribution in [1.29, 1.82) is 0 Å². The number of nitrogens with zero attached hydrogens (tertiary/aromatic N) is 2. The topological polar surface area (TPSA) is 51.1 Å². The second kappa shape index (κ2) is 10.8. The first-order valence-electron chi connectivity index (χ1n) is 14.2. The van der Waals surface area contributed by atoms with Gasteiger partial charge in [-0.2, -0.15) is 0 Å². The molecule has 0 fully saturated rings. The molecule has 5 heteroatoms. The van der Waals surface area contributed by atoms with E-state index in [-0.39, 0.29) is 11.4 Å². The summed E-state index contributed by atoms with van der Waals surface area (Å²) in [6.07, 6.45) is 12.0. The SMILES string of the molecule is CCCCCCCCCCC(=O)Oc1ccc2ccc3c(c2c1)N=CC1(O3)N(C)c2ccccc2C1(C)C. The summed E-state index contributed by atoms with van der Waals surface area (Å²) in [6.45, 7) is 6.65. The van der Waals surface area contributed by atoms with Crippen molar-refractivity contribution < 1.29 is 14.3 Å². The highest BCUT2D eigenvalue weighted by molar-refractivity contribution is 6.00. The first kappa shape index (κ1) is 26.3. The zero-order valence-electron chi connectivity index (χ0n) is 23.3. The largest absolute Gasteiger partial charge is 0.459 e. The Hall–Kier alpha value is -3.34. The van der Waals surface area contributed by atoms with Crippen molar-refractivity contribution in [3.05, 3.63) is 60.2 Å². The van der Waals surface area contributed by atoms with Crippen LogP contribution in [0.3, 0.4) is 0 Å². The number of carbonyl (C=O) groups excluding carboxylic acids is 1.